The molecule has 0 saturated heterocycles. The van der Waals surface area contributed by atoms with E-state index in [9.17, 15) is 4.79 Å². The van der Waals surface area contributed by atoms with Crippen LogP contribution < -0.4 is 14.8 Å². The van der Waals surface area contributed by atoms with Crippen LogP contribution in [-0.2, 0) is 6.54 Å². The maximum absolute atomic E-state index is 12.6. The summed E-state index contributed by atoms with van der Waals surface area (Å²) in [6, 6.07) is 17.0. The second-order valence-electron chi connectivity index (χ2n) is 6.10. The van der Waals surface area contributed by atoms with Crippen LogP contribution in [0.1, 0.15) is 5.56 Å². The minimum Gasteiger partial charge on any atom is -0.497 e. The second-order valence-corrected chi connectivity index (χ2v) is 6.10. The van der Waals surface area contributed by atoms with Gasteiger partial charge in [-0.2, -0.15) is 0 Å². The van der Waals surface area contributed by atoms with E-state index in [1.807, 2.05) is 71.6 Å². The summed E-state index contributed by atoms with van der Waals surface area (Å²) >= 11 is 0. The van der Waals surface area contributed by atoms with Gasteiger partial charge in [0.05, 0.1) is 20.8 Å². The minimum absolute atomic E-state index is 0.197. The van der Waals surface area contributed by atoms with Crippen molar-refractivity contribution in [2.24, 2.45) is 0 Å². The Morgan fingerprint density at radius 2 is 1.81 bits per heavy atom. The number of anilines is 1. The Bertz CT molecular complexity index is 907. The van der Waals surface area contributed by atoms with Crippen LogP contribution in [0, 0.1) is 0 Å². The van der Waals surface area contributed by atoms with E-state index in [0.29, 0.717) is 18.0 Å². The zero-order valence-electron chi connectivity index (χ0n) is 15.7. The fraction of sp³-hybridized carbons (Fsp3) is 0.190. The SMILES string of the molecule is COc1ccc(CN(C)C(=O)Nc2cccc(-n3cccc3)c2)c(OC)c1. The Morgan fingerprint density at radius 3 is 2.52 bits per heavy atom. The third-order valence-electron chi connectivity index (χ3n) is 4.25. The molecule has 2 aromatic carbocycles. The number of methoxy groups -OCH3 is 2. The summed E-state index contributed by atoms with van der Waals surface area (Å²) in [6.07, 6.45) is 3.92. The Balaban J connectivity index is 1.69. The summed E-state index contributed by atoms with van der Waals surface area (Å²) in [5.74, 6) is 1.40. The molecule has 3 rings (SSSR count). The lowest BCUT2D eigenvalue weighted by Crippen LogP contribution is -2.31. The molecule has 0 unspecified atom stereocenters. The number of carbonyl (C=O) groups excluding carboxylic acids is 1. The smallest absolute Gasteiger partial charge is 0.321 e. The van der Waals surface area contributed by atoms with E-state index in [1.165, 1.54) is 0 Å². The molecule has 140 valence electrons. The van der Waals surface area contributed by atoms with Crippen molar-refractivity contribution < 1.29 is 14.3 Å². The van der Waals surface area contributed by atoms with Crippen LogP contribution in [0.15, 0.2) is 67.0 Å². The number of nitrogens with zero attached hydrogens (tertiary/aromatic N) is 2. The molecule has 0 saturated carbocycles. The molecular formula is C21H23N3O3. The Morgan fingerprint density at radius 1 is 1.04 bits per heavy atom. The lowest BCUT2D eigenvalue weighted by Gasteiger charge is -2.20. The quantitative estimate of drug-likeness (QED) is 0.714. The van der Waals surface area contributed by atoms with Gasteiger partial charge in [0.25, 0.3) is 0 Å². The highest BCUT2D eigenvalue weighted by Crippen LogP contribution is 2.25. The molecule has 0 bridgehead atoms. The van der Waals surface area contributed by atoms with E-state index in [1.54, 1.807) is 26.2 Å². The van der Waals surface area contributed by atoms with Gasteiger partial charge in [0.2, 0.25) is 0 Å². The van der Waals surface area contributed by atoms with Crippen LogP contribution >= 0.6 is 0 Å². The fourth-order valence-electron chi connectivity index (χ4n) is 2.78. The van der Waals surface area contributed by atoms with E-state index >= 15 is 0 Å². The second kappa shape index (κ2) is 8.31. The zero-order chi connectivity index (χ0) is 19.2. The summed E-state index contributed by atoms with van der Waals surface area (Å²) in [5.41, 5.74) is 2.62. The number of carbonyl (C=O) groups is 1. The van der Waals surface area contributed by atoms with Gasteiger partial charge in [-0.15, -0.1) is 0 Å². The normalized spacial score (nSPS) is 10.3. The molecule has 3 aromatic rings. The first kappa shape index (κ1) is 18.4. The Labute approximate surface area is 158 Å². The number of urea groups is 1. The highest BCUT2D eigenvalue weighted by molar-refractivity contribution is 5.89. The predicted octanol–water partition coefficient (Wildman–Crippen LogP) is 4.16. The molecule has 1 heterocycles. The standard InChI is InChI=1S/C21H23N3O3/c1-23(15-16-9-10-19(26-2)14-20(16)27-3)21(25)22-17-7-6-8-18(13-17)24-11-4-5-12-24/h4-14H,15H2,1-3H3,(H,22,25). The van der Waals surface area contributed by atoms with Gasteiger partial charge in [0.15, 0.2) is 0 Å². The number of hydrogen-bond donors (Lipinski definition) is 1. The molecule has 0 spiro atoms. The number of rotatable bonds is 6. The van der Waals surface area contributed by atoms with Gasteiger partial charge < -0.3 is 24.3 Å². The van der Waals surface area contributed by atoms with Gasteiger partial charge in [0.1, 0.15) is 11.5 Å². The first-order chi connectivity index (χ1) is 13.1. The average molecular weight is 365 g/mol. The van der Waals surface area contributed by atoms with Crippen LogP contribution in [0.5, 0.6) is 11.5 Å². The van der Waals surface area contributed by atoms with Gasteiger partial charge in [-0.1, -0.05) is 6.07 Å². The number of amides is 2. The van der Waals surface area contributed by atoms with Gasteiger partial charge in [-0.3, -0.25) is 0 Å². The van der Waals surface area contributed by atoms with E-state index in [0.717, 1.165) is 16.9 Å². The number of ether oxygens (including phenoxy) is 2. The largest absolute Gasteiger partial charge is 0.497 e. The summed E-state index contributed by atoms with van der Waals surface area (Å²) < 4.78 is 12.6. The predicted molar refractivity (Wildman–Crippen MR) is 106 cm³/mol. The highest BCUT2D eigenvalue weighted by Gasteiger charge is 2.13. The van der Waals surface area contributed by atoms with Crippen molar-refractivity contribution in [1.29, 1.82) is 0 Å². The molecule has 0 radical (unpaired) electrons. The number of hydrogen-bond acceptors (Lipinski definition) is 3. The molecule has 1 N–H and O–H groups in total. The van der Waals surface area contributed by atoms with Crippen LogP contribution in [0.2, 0.25) is 0 Å². The number of nitrogens with one attached hydrogen (secondary N) is 1. The van der Waals surface area contributed by atoms with Crippen molar-refractivity contribution in [3.8, 4) is 17.2 Å². The van der Waals surface area contributed by atoms with Crippen molar-refractivity contribution in [3.63, 3.8) is 0 Å². The summed E-state index contributed by atoms with van der Waals surface area (Å²) in [4.78, 5) is 14.2. The maximum Gasteiger partial charge on any atom is 0.321 e. The van der Waals surface area contributed by atoms with E-state index in [2.05, 4.69) is 5.32 Å². The summed E-state index contributed by atoms with van der Waals surface area (Å²) in [5, 5.41) is 2.93. The molecule has 6 heteroatoms. The van der Waals surface area contributed by atoms with E-state index < -0.39 is 0 Å². The maximum atomic E-state index is 12.6. The van der Waals surface area contributed by atoms with Gasteiger partial charge in [-0.25, -0.2) is 4.79 Å². The molecule has 0 aliphatic heterocycles. The van der Waals surface area contributed by atoms with Crippen molar-refractivity contribution in [2.75, 3.05) is 26.6 Å². The van der Waals surface area contributed by atoms with Crippen molar-refractivity contribution in [3.05, 3.63) is 72.6 Å². The zero-order valence-corrected chi connectivity index (χ0v) is 15.7. The van der Waals surface area contributed by atoms with Gasteiger partial charge >= 0.3 is 6.03 Å². The lowest BCUT2D eigenvalue weighted by molar-refractivity contribution is 0.220. The Hall–Kier alpha value is -3.41. The van der Waals surface area contributed by atoms with Gasteiger partial charge in [-0.05, 0) is 42.5 Å². The molecule has 0 atom stereocenters. The first-order valence-electron chi connectivity index (χ1n) is 8.57. The van der Waals surface area contributed by atoms with E-state index in [4.69, 9.17) is 9.47 Å². The highest BCUT2D eigenvalue weighted by atomic mass is 16.5. The van der Waals surface area contributed by atoms with Crippen LogP contribution in [0.3, 0.4) is 0 Å². The molecule has 1 aromatic heterocycles. The van der Waals surface area contributed by atoms with E-state index in [-0.39, 0.29) is 6.03 Å². The molecule has 0 fully saturated rings. The first-order valence-corrected chi connectivity index (χ1v) is 8.57. The summed E-state index contributed by atoms with van der Waals surface area (Å²) in [7, 11) is 4.95. The fourth-order valence-corrected chi connectivity index (χ4v) is 2.78. The van der Waals surface area contributed by atoms with Crippen molar-refractivity contribution in [1.82, 2.24) is 9.47 Å². The average Bonchev–Trinajstić information content (AvgIpc) is 3.23. The van der Waals surface area contributed by atoms with Crippen LogP contribution in [-0.4, -0.2) is 36.8 Å². The third kappa shape index (κ3) is 4.41. The van der Waals surface area contributed by atoms with Gasteiger partial charge in [0, 0.05) is 42.4 Å². The Kier molecular flexibility index (Phi) is 5.66. The molecular weight excluding hydrogens is 342 g/mol. The molecule has 27 heavy (non-hydrogen) atoms. The molecule has 6 nitrogen and oxygen atoms in total. The minimum atomic E-state index is -0.197. The third-order valence-corrected chi connectivity index (χ3v) is 4.25. The molecule has 2 amide bonds. The van der Waals surface area contributed by atoms with Crippen LogP contribution in [0.4, 0.5) is 10.5 Å². The number of benzene rings is 2. The number of aromatic nitrogens is 1. The van der Waals surface area contributed by atoms with Crippen LogP contribution in [0.25, 0.3) is 5.69 Å². The van der Waals surface area contributed by atoms with Crippen molar-refractivity contribution in [2.45, 2.75) is 6.54 Å². The monoisotopic (exact) mass is 365 g/mol. The lowest BCUT2D eigenvalue weighted by atomic mass is 10.2. The molecule has 0 aliphatic carbocycles. The molecule has 0 aliphatic rings. The summed E-state index contributed by atoms with van der Waals surface area (Å²) in [6.45, 7) is 0.413. The topological polar surface area (TPSA) is 55.7 Å². The van der Waals surface area contributed by atoms with Crippen molar-refractivity contribution >= 4 is 11.7 Å².